The minimum atomic E-state index is 0.157. The quantitative estimate of drug-likeness (QED) is 0.357. The van der Waals surface area contributed by atoms with Crippen molar-refractivity contribution >= 4 is 5.78 Å². The summed E-state index contributed by atoms with van der Waals surface area (Å²) < 4.78 is 0. The van der Waals surface area contributed by atoms with Gasteiger partial charge in [-0.2, -0.15) is 0 Å². The highest BCUT2D eigenvalue weighted by Crippen LogP contribution is 2.62. The van der Waals surface area contributed by atoms with Crippen LogP contribution >= 0.6 is 0 Å². The van der Waals surface area contributed by atoms with E-state index in [0.29, 0.717) is 5.78 Å². The van der Waals surface area contributed by atoms with E-state index in [4.69, 9.17) is 0 Å². The molecule has 0 N–H and O–H groups in total. The van der Waals surface area contributed by atoms with Gasteiger partial charge in [-0.1, -0.05) is 102 Å². The van der Waals surface area contributed by atoms with Crippen LogP contribution in [0.1, 0.15) is 162 Å². The van der Waals surface area contributed by atoms with E-state index in [2.05, 4.69) is 31.2 Å². The zero-order valence-electron chi connectivity index (χ0n) is 25.0. The molecule has 0 radical (unpaired) electrons. The molecule has 0 aliphatic heterocycles. The Morgan fingerprint density at radius 2 is 0.897 bits per heavy atom. The van der Waals surface area contributed by atoms with E-state index in [-0.39, 0.29) is 16.7 Å². The third-order valence-corrected chi connectivity index (χ3v) is 13.2. The van der Waals surface area contributed by atoms with Crippen LogP contribution in [0.25, 0.3) is 0 Å². The van der Waals surface area contributed by atoms with Crippen molar-refractivity contribution in [2.45, 2.75) is 153 Å². The summed E-state index contributed by atoms with van der Waals surface area (Å²) >= 11 is 0. The van der Waals surface area contributed by atoms with E-state index in [9.17, 15) is 4.79 Å². The lowest BCUT2D eigenvalue weighted by atomic mass is 9.46. The van der Waals surface area contributed by atoms with Crippen LogP contribution in [0.15, 0.2) is 24.3 Å². The maximum absolute atomic E-state index is 13.6. The number of rotatable bonds is 4. The minimum Gasteiger partial charge on any atom is -0.294 e. The lowest BCUT2D eigenvalue weighted by Gasteiger charge is -2.57. The third-order valence-electron chi connectivity index (χ3n) is 13.2. The molecule has 4 saturated carbocycles. The van der Waals surface area contributed by atoms with Gasteiger partial charge in [0.25, 0.3) is 0 Å². The molecule has 1 nitrogen and oxygen atoms in total. The Hall–Kier alpha value is -1.37. The Bertz CT molecular complexity index is 1030. The predicted octanol–water partition coefficient (Wildman–Crippen LogP) is 10.4. The van der Waals surface area contributed by atoms with Crippen LogP contribution in [0.4, 0.5) is 0 Å². The number of hydrogen-bond acceptors (Lipinski definition) is 1. The van der Waals surface area contributed by atoms with Crippen molar-refractivity contribution in [3.63, 3.8) is 0 Å². The summed E-state index contributed by atoms with van der Waals surface area (Å²) in [6.07, 6.45) is 35.0. The summed E-state index contributed by atoms with van der Waals surface area (Å²) in [5.41, 5.74) is 6.31. The second kappa shape index (κ2) is 10.8. The summed E-state index contributed by atoms with van der Waals surface area (Å²) in [5, 5.41) is 0. The zero-order valence-corrected chi connectivity index (χ0v) is 25.0. The second-order valence-corrected chi connectivity index (χ2v) is 15.1. The number of allylic oxidation sites excluding steroid dienone is 2. The molecule has 1 unspecified atom stereocenters. The molecule has 4 fully saturated rings. The van der Waals surface area contributed by atoms with Crippen LogP contribution in [0, 0.1) is 29.6 Å². The van der Waals surface area contributed by atoms with Crippen molar-refractivity contribution in [3.05, 3.63) is 46.5 Å². The first-order valence-electron chi connectivity index (χ1n) is 17.6. The number of ketones is 1. The largest absolute Gasteiger partial charge is 0.294 e. The SMILES string of the molecule is CC1Cc2cc3c(cc2C1=O)C(C1CCCCC1)(C1CCCCC1)C=CC3(C1CCCCC1)C1CCCCC1. The van der Waals surface area contributed by atoms with E-state index in [0.717, 1.165) is 35.7 Å². The van der Waals surface area contributed by atoms with Crippen molar-refractivity contribution in [1.82, 2.24) is 0 Å². The minimum absolute atomic E-state index is 0.157. The number of carbonyl (C=O) groups excluding carboxylic acids is 1. The van der Waals surface area contributed by atoms with Crippen molar-refractivity contribution < 1.29 is 4.79 Å². The highest BCUT2D eigenvalue weighted by Gasteiger charge is 2.55. The topological polar surface area (TPSA) is 17.1 Å². The van der Waals surface area contributed by atoms with Gasteiger partial charge < -0.3 is 0 Å². The third kappa shape index (κ3) is 4.25. The molecule has 1 atom stereocenters. The number of hydrogen-bond donors (Lipinski definition) is 0. The molecular formula is C38H54O. The average Bonchev–Trinajstić information content (AvgIpc) is 3.29. The molecule has 0 heterocycles. The fourth-order valence-electron chi connectivity index (χ4n) is 11.3. The van der Waals surface area contributed by atoms with Crippen molar-refractivity contribution in [1.29, 1.82) is 0 Å². The van der Waals surface area contributed by atoms with Crippen molar-refractivity contribution in [3.8, 4) is 0 Å². The lowest BCUT2D eigenvalue weighted by Crippen LogP contribution is -2.52. The molecule has 6 aliphatic rings. The van der Waals surface area contributed by atoms with Gasteiger partial charge in [-0.15, -0.1) is 0 Å². The summed E-state index contributed by atoms with van der Waals surface area (Å²) in [6.45, 7) is 2.19. The molecule has 0 saturated heterocycles. The average molecular weight is 527 g/mol. The number of Topliss-reactive ketones (excluding diaryl/α,β-unsaturated/α-hetero) is 1. The normalized spacial score (nSPS) is 30.3. The van der Waals surface area contributed by atoms with Crippen LogP contribution in [-0.4, -0.2) is 5.78 Å². The maximum Gasteiger partial charge on any atom is 0.166 e. The molecule has 1 aromatic carbocycles. The number of carbonyl (C=O) groups is 1. The Morgan fingerprint density at radius 3 is 1.28 bits per heavy atom. The van der Waals surface area contributed by atoms with E-state index in [1.165, 1.54) is 134 Å². The van der Waals surface area contributed by atoms with E-state index in [1.54, 1.807) is 11.1 Å². The fraction of sp³-hybridized carbons (Fsp3) is 0.763. The molecule has 0 aromatic heterocycles. The molecule has 39 heavy (non-hydrogen) atoms. The first-order valence-corrected chi connectivity index (χ1v) is 17.6. The molecule has 1 aromatic rings. The van der Waals surface area contributed by atoms with Gasteiger partial charge in [0, 0.05) is 22.3 Å². The molecular weight excluding hydrogens is 472 g/mol. The van der Waals surface area contributed by atoms with Crippen molar-refractivity contribution in [2.24, 2.45) is 29.6 Å². The van der Waals surface area contributed by atoms with Crippen LogP contribution in [-0.2, 0) is 17.3 Å². The summed E-state index contributed by atoms with van der Waals surface area (Å²) in [5.74, 6) is 3.68. The highest BCUT2D eigenvalue weighted by molar-refractivity contribution is 6.02. The molecule has 1 heteroatoms. The van der Waals surface area contributed by atoms with Gasteiger partial charge in [0.1, 0.15) is 0 Å². The van der Waals surface area contributed by atoms with Gasteiger partial charge in [-0.3, -0.25) is 4.79 Å². The molecule has 0 bridgehead atoms. The number of fused-ring (bicyclic) bond motifs is 2. The highest BCUT2D eigenvalue weighted by atomic mass is 16.1. The van der Waals surface area contributed by atoms with Crippen LogP contribution < -0.4 is 0 Å². The van der Waals surface area contributed by atoms with Crippen LogP contribution in [0.3, 0.4) is 0 Å². The molecule has 0 spiro atoms. The van der Waals surface area contributed by atoms with Gasteiger partial charge in [0.05, 0.1) is 0 Å². The fourth-order valence-corrected chi connectivity index (χ4v) is 11.3. The Kier molecular flexibility index (Phi) is 7.34. The Balaban J connectivity index is 1.48. The first-order chi connectivity index (χ1) is 19.1. The smallest absolute Gasteiger partial charge is 0.166 e. The standard InChI is InChI=1S/C38H54O/c1-27-24-28-25-34-35(26-33(28)36(27)39)38(31-18-10-4-11-19-31,32-20-12-5-13-21-32)23-22-37(34,29-14-6-2-7-15-29)30-16-8-3-9-17-30/h22-23,25-27,29-32H,2-21,24H2,1H3. The Labute approximate surface area is 239 Å². The van der Waals surface area contributed by atoms with E-state index in [1.807, 2.05) is 0 Å². The molecule has 6 aliphatic carbocycles. The molecule has 7 rings (SSSR count). The summed E-state index contributed by atoms with van der Waals surface area (Å²) in [6, 6.07) is 5.27. The maximum atomic E-state index is 13.6. The summed E-state index contributed by atoms with van der Waals surface area (Å²) in [4.78, 5) is 13.6. The first kappa shape index (κ1) is 26.5. The van der Waals surface area contributed by atoms with Crippen LogP contribution in [0.2, 0.25) is 0 Å². The number of benzene rings is 1. The lowest BCUT2D eigenvalue weighted by molar-refractivity contribution is 0.0944. The van der Waals surface area contributed by atoms with E-state index >= 15 is 0 Å². The molecule has 0 amide bonds. The van der Waals surface area contributed by atoms with Crippen molar-refractivity contribution in [2.75, 3.05) is 0 Å². The predicted molar refractivity (Wildman–Crippen MR) is 162 cm³/mol. The van der Waals surface area contributed by atoms with Gasteiger partial charge in [-0.05, 0) is 104 Å². The van der Waals surface area contributed by atoms with Gasteiger partial charge >= 0.3 is 0 Å². The van der Waals surface area contributed by atoms with E-state index < -0.39 is 0 Å². The Morgan fingerprint density at radius 1 is 0.538 bits per heavy atom. The molecule has 212 valence electrons. The van der Waals surface area contributed by atoms with Crippen LogP contribution in [0.5, 0.6) is 0 Å². The zero-order chi connectivity index (χ0) is 26.5. The van der Waals surface area contributed by atoms with Gasteiger partial charge in [-0.25, -0.2) is 0 Å². The van der Waals surface area contributed by atoms with Gasteiger partial charge in [0.2, 0.25) is 0 Å². The monoisotopic (exact) mass is 526 g/mol. The van der Waals surface area contributed by atoms with Gasteiger partial charge in [0.15, 0.2) is 5.78 Å². The summed E-state index contributed by atoms with van der Waals surface area (Å²) in [7, 11) is 0. The second-order valence-electron chi connectivity index (χ2n) is 15.1.